The van der Waals surface area contributed by atoms with E-state index in [1.54, 1.807) is 0 Å². The number of carbonyl (C=O) groups excluding carboxylic acids is 1. The molecule has 4 heteroatoms. The van der Waals surface area contributed by atoms with Gasteiger partial charge in [-0.2, -0.15) is 0 Å². The molecule has 2 fully saturated rings. The minimum absolute atomic E-state index is 0.128. The van der Waals surface area contributed by atoms with Gasteiger partial charge in [-0.05, 0) is 12.8 Å². The molecule has 72 valence electrons. The number of nitrogens with one attached hydrogen (secondary N) is 2. The van der Waals surface area contributed by atoms with Crippen molar-refractivity contribution in [3.63, 3.8) is 0 Å². The average molecular weight is 181 g/mol. The van der Waals surface area contributed by atoms with Crippen LogP contribution in [0.1, 0.15) is 25.7 Å². The quantitative estimate of drug-likeness (QED) is 0.613. The maximum atomic E-state index is 11.0. The van der Waals surface area contributed by atoms with E-state index in [1.807, 2.05) is 0 Å². The summed E-state index contributed by atoms with van der Waals surface area (Å²) >= 11 is 0. The largest absolute Gasteiger partial charge is 0.355 e. The van der Waals surface area contributed by atoms with Gasteiger partial charge in [-0.1, -0.05) is 0 Å². The zero-order valence-corrected chi connectivity index (χ0v) is 7.68. The van der Waals surface area contributed by atoms with Crippen LogP contribution < -0.4 is 5.32 Å². The van der Waals surface area contributed by atoms with E-state index in [0.29, 0.717) is 12.3 Å². The van der Waals surface area contributed by atoms with Crippen molar-refractivity contribution in [2.75, 3.05) is 13.1 Å². The highest BCUT2D eigenvalue weighted by Gasteiger charge is 2.29. The number of hydrogen-bond acceptors (Lipinski definition) is 2. The molecule has 0 bridgehead atoms. The Kier molecular flexibility index (Phi) is 2.20. The van der Waals surface area contributed by atoms with E-state index in [9.17, 15) is 4.79 Å². The van der Waals surface area contributed by atoms with Gasteiger partial charge in [0.25, 0.3) is 0 Å². The number of hydrogen-bond donors (Lipinski definition) is 2. The van der Waals surface area contributed by atoms with E-state index in [4.69, 9.17) is 5.41 Å². The molecule has 0 aromatic rings. The van der Waals surface area contributed by atoms with Crippen molar-refractivity contribution in [1.82, 2.24) is 10.2 Å². The Morgan fingerprint density at radius 3 is 2.92 bits per heavy atom. The van der Waals surface area contributed by atoms with Crippen LogP contribution >= 0.6 is 0 Å². The summed E-state index contributed by atoms with van der Waals surface area (Å²) in [5, 5.41) is 10.6. The molecule has 0 spiro atoms. The summed E-state index contributed by atoms with van der Waals surface area (Å²) in [4.78, 5) is 13.1. The number of carbonyl (C=O) groups is 1. The molecule has 1 amide bonds. The zero-order chi connectivity index (χ0) is 9.26. The highest BCUT2D eigenvalue weighted by atomic mass is 16.1. The molecule has 0 aromatic heterocycles. The summed E-state index contributed by atoms with van der Waals surface area (Å²) in [6.07, 6.45) is 3.74. The van der Waals surface area contributed by atoms with Crippen LogP contribution in [0.25, 0.3) is 0 Å². The van der Waals surface area contributed by atoms with E-state index >= 15 is 0 Å². The fourth-order valence-corrected chi connectivity index (χ4v) is 2.07. The molecule has 4 nitrogen and oxygen atoms in total. The standard InChI is InChI=1S/C9H15N3O/c10-8-3-1-2-4-12(8)7-5-9(13)11-6-7/h7,10H,1-6H2,(H,11,13). The molecule has 1 unspecified atom stereocenters. The summed E-state index contributed by atoms with van der Waals surface area (Å²) in [6, 6.07) is 0.250. The normalized spacial score (nSPS) is 29.2. The third kappa shape index (κ3) is 1.66. The topological polar surface area (TPSA) is 56.2 Å². The Hall–Kier alpha value is -1.06. The van der Waals surface area contributed by atoms with Gasteiger partial charge in [-0.3, -0.25) is 10.2 Å². The van der Waals surface area contributed by atoms with E-state index in [1.165, 1.54) is 0 Å². The monoisotopic (exact) mass is 181 g/mol. The van der Waals surface area contributed by atoms with Gasteiger partial charge in [0.2, 0.25) is 5.91 Å². The Labute approximate surface area is 77.8 Å². The molecule has 0 radical (unpaired) electrons. The van der Waals surface area contributed by atoms with Gasteiger partial charge in [-0.15, -0.1) is 0 Å². The van der Waals surface area contributed by atoms with Crippen molar-refractivity contribution in [2.45, 2.75) is 31.7 Å². The number of amidine groups is 1. The maximum Gasteiger partial charge on any atom is 0.222 e. The van der Waals surface area contributed by atoms with Crippen LogP contribution in [-0.2, 0) is 4.79 Å². The summed E-state index contributed by atoms with van der Waals surface area (Å²) in [5.74, 6) is 0.844. The lowest BCUT2D eigenvalue weighted by Gasteiger charge is -2.33. The molecule has 2 aliphatic heterocycles. The minimum atomic E-state index is 0.128. The maximum absolute atomic E-state index is 11.0. The first-order valence-corrected chi connectivity index (χ1v) is 4.88. The van der Waals surface area contributed by atoms with Crippen LogP contribution in [0.3, 0.4) is 0 Å². The summed E-state index contributed by atoms with van der Waals surface area (Å²) in [6.45, 7) is 1.68. The van der Waals surface area contributed by atoms with Gasteiger partial charge in [-0.25, -0.2) is 0 Å². The van der Waals surface area contributed by atoms with Crippen LogP contribution in [0.4, 0.5) is 0 Å². The van der Waals surface area contributed by atoms with Crippen molar-refractivity contribution in [3.8, 4) is 0 Å². The average Bonchev–Trinajstić information content (AvgIpc) is 2.53. The first kappa shape index (κ1) is 8.53. The van der Waals surface area contributed by atoms with Crippen molar-refractivity contribution in [3.05, 3.63) is 0 Å². The fourth-order valence-electron chi connectivity index (χ4n) is 2.07. The third-order valence-electron chi connectivity index (χ3n) is 2.81. The molecule has 13 heavy (non-hydrogen) atoms. The number of piperidine rings is 1. The lowest BCUT2D eigenvalue weighted by atomic mass is 10.1. The van der Waals surface area contributed by atoms with E-state index in [-0.39, 0.29) is 11.9 Å². The first-order valence-electron chi connectivity index (χ1n) is 4.88. The van der Waals surface area contributed by atoms with Gasteiger partial charge in [0.05, 0.1) is 11.9 Å². The molecule has 2 N–H and O–H groups in total. The summed E-state index contributed by atoms with van der Waals surface area (Å²) < 4.78 is 0. The SMILES string of the molecule is N=C1CCCCN1C1CNC(=O)C1. The molecule has 1 atom stereocenters. The second-order valence-corrected chi connectivity index (χ2v) is 3.76. The number of nitrogens with zero attached hydrogens (tertiary/aromatic N) is 1. The van der Waals surface area contributed by atoms with Gasteiger partial charge in [0.1, 0.15) is 0 Å². The molecule has 0 aromatic carbocycles. The van der Waals surface area contributed by atoms with E-state index < -0.39 is 0 Å². The van der Waals surface area contributed by atoms with Crippen LogP contribution in [0.15, 0.2) is 0 Å². The van der Waals surface area contributed by atoms with Crippen LogP contribution in [0.2, 0.25) is 0 Å². The van der Waals surface area contributed by atoms with E-state index in [2.05, 4.69) is 10.2 Å². The van der Waals surface area contributed by atoms with Gasteiger partial charge >= 0.3 is 0 Å². The lowest BCUT2D eigenvalue weighted by Crippen LogP contribution is -2.43. The van der Waals surface area contributed by atoms with Crippen molar-refractivity contribution in [1.29, 1.82) is 5.41 Å². The smallest absolute Gasteiger partial charge is 0.222 e. The van der Waals surface area contributed by atoms with Crippen LogP contribution in [0.5, 0.6) is 0 Å². The first-order chi connectivity index (χ1) is 6.27. The lowest BCUT2D eigenvalue weighted by molar-refractivity contribution is -0.119. The number of amides is 1. The fraction of sp³-hybridized carbons (Fsp3) is 0.778. The second kappa shape index (κ2) is 3.36. The highest BCUT2D eigenvalue weighted by molar-refractivity contribution is 5.83. The molecule has 2 aliphatic rings. The molecular weight excluding hydrogens is 166 g/mol. The van der Waals surface area contributed by atoms with Crippen molar-refractivity contribution in [2.24, 2.45) is 0 Å². The highest BCUT2D eigenvalue weighted by Crippen LogP contribution is 2.17. The Morgan fingerprint density at radius 2 is 2.31 bits per heavy atom. The molecular formula is C9H15N3O. The summed E-state index contributed by atoms with van der Waals surface area (Å²) in [5.41, 5.74) is 0. The van der Waals surface area contributed by atoms with Crippen molar-refractivity contribution < 1.29 is 4.79 Å². The Morgan fingerprint density at radius 1 is 1.46 bits per heavy atom. The molecule has 2 rings (SSSR count). The van der Waals surface area contributed by atoms with Gasteiger partial charge in [0, 0.05) is 25.9 Å². The number of rotatable bonds is 1. The van der Waals surface area contributed by atoms with E-state index in [0.717, 1.165) is 32.4 Å². The van der Waals surface area contributed by atoms with Crippen molar-refractivity contribution >= 4 is 11.7 Å². The molecule has 2 saturated heterocycles. The molecule has 0 aliphatic carbocycles. The predicted molar refractivity (Wildman–Crippen MR) is 49.7 cm³/mol. The Bertz CT molecular complexity index is 239. The minimum Gasteiger partial charge on any atom is -0.355 e. The van der Waals surface area contributed by atoms with Gasteiger partial charge in [0.15, 0.2) is 0 Å². The predicted octanol–water partition coefficient (Wildman–Crippen LogP) is 0.338. The third-order valence-corrected chi connectivity index (χ3v) is 2.81. The Balaban J connectivity index is 1.98. The van der Waals surface area contributed by atoms with Gasteiger partial charge < -0.3 is 10.2 Å². The van der Waals surface area contributed by atoms with Crippen LogP contribution in [-0.4, -0.2) is 35.8 Å². The summed E-state index contributed by atoms with van der Waals surface area (Å²) in [7, 11) is 0. The zero-order valence-electron chi connectivity index (χ0n) is 7.68. The second-order valence-electron chi connectivity index (χ2n) is 3.76. The molecule has 0 saturated carbocycles. The molecule has 2 heterocycles. The number of likely N-dealkylation sites (tertiary alicyclic amines) is 1. The van der Waals surface area contributed by atoms with Crippen LogP contribution in [0, 0.1) is 5.41 Å².